The smallest absolute Gasteiger partial charge is 0.262 e. The summed E-state index contributed by atoms with van der Waals surface area (Å²) >= 11 is 0. The summed E-state index contributed by atoms with van der Waals surface area (Å²) in [5.41, 5.74) is 1.90. The zero-order valence-electron chi connectivity index (χ0n) is 13.1. The highest BCUT2D eigenvalue weighted by molar-refractivity contribution is 5.91. The predicted octanol–water partition coefficient (Wildman–Crippen LogP) is 3.84. The van der Waals surface area contributed by atoms with Gasteiger partial charge in [0.25, 0.3) is 5.91 Å². The van der Waals surface area contributed by atoms with Gasteiger partial charge in [0.15, 0.2) is 6.61 Å². The SMILES string of the molecule is COc1ccc(NC(=O)COc2cccc(C(C)C)c2)cc1. The van der Waals surface area contributed by atoms with Gasteiger partial charge in [0, 0.05) is 5.69 Å². The fourth-order valence-corrected chi connectivity index (χ4v) is 1.98. The van der Waals surface area contributed by atoms with Crippen molar-refractivity contribution in [1.82, 2.24) is 0 Å². The van der Waals surface area contributed by atoms with Crippen molar-refractivity contribution in [1.29, 1.82) is 0 Å². The first-order valence-corrected chi connectivity index (χ1v) is 7.25. The van der Waals surface area contributed by atoms with Gasteiger partial charge < -0.3 is 14.8 Å². The zero-order valence-corrected chi connectivity index (χ0v) is 13.1. The van der Waals surface area contributed by atoms with Gasteiger partial charge in [-0.2, -0.15) is 0 Å². The van der Waals surface area contributed by atoms with Gasteiger partial charge in [-0.1, -0.05) is 26.0 Å². The van der Waals surface area contributed by atoms with E-state index >= 15 is 0 Å². The van der Waals surface area contributed by atoms with Crippen LogP contribution in [0.4, 0.5) is 5.69 Å². The molecule has 0 saturated heterocycles. The highest BCUT2D eigenvalue weighted by atomic mass is 16.5. The third-order valence-electron chi connectivity index (χ3n) is 3.27. The monoisotopic (exact) mass is 299 g/mol. The zero-order chi connectivity index (χ0) is 15.9. The Labute approximate surface area is 131 Å². The molecule has 0 unspecified atom stereocenters. The van der Waals surface area contributed by atoms with Gasteiger partial charge in [0.05, 0.1) is 7.11 Å². The van der Waals surface area contributed by atoms with Crippen LogP contribution >= 0.6 is 0 Å². The maximum absolute atomic E-state index is 11.9. The van der Waals surface area contributed by atoms with Crippen LogP contribution in [0.25, 0.3) is 0 Å². The lowest BCUT2D eigenvalue weighted by molar-refractivity contribution is -0.118. The maximum atomic E-state index is 11.9. The molecule has 22 heavy (non-hydrogen) atoms. The van der Waals surface area contributed by atoms with Gasteiger partial charge in [-0.25, -0.2) is 0 Å². The molecular formula is C18H21NO3. The van der Waals surface area contributed by atoms with E-state index in [1.165, 1.54) is 5.56 Å². The number of hydrogen-bond acceptors (Lipinski definition) is 3. The van der Waals surface area contributed by atoms with E-state index in [-0.39, 0.29) is 12.5 Å². The van der Waals surface area contributed by atoms with E-state index in [0.717, 1.165) is 5.75 Å². The number of nitrogens with one attached hydrogen (secondary N) is 1. The Kier molecular flexibility index (Phi) is 5.42. The normalized spacial score (nSPS) is 10.4. The van der Waals surface area contributed by atoms with Crippen molar-refractivity contribution in [3.8, 4) is 11.5 Å². The van der Waals surface area contributed by atoms with Crippen molar-refractivity contribution < 1.29 is 14.3 Å². The van der Waals surface area contributed by atoms with Gasteiger partial charge in [0.1, 0.15) is 11.5 Å². The number of hydrogen-bond donors (Lipinski definition) is 1. The van der Waals surface area contributed by atoms with Gasteiger partial charge >= 0.3 is 0 Å². The van der Waals surface area contributed by atoms with Crippen LogP contribution in [0.1, 0.15) is 25.3 Å². The van der Waals surface area contributed by atoms with Crippen molar-refractivity contribution in [3.05, 3.63) is 54.1 Å². The topological polar surface area (TPSA) is 47.6 Å². The van der Waals surface area contributed by atoms with E-state index < -0.39 is 0 Å². The van der Waals surface area contributed by atoms with E-state index in [1.807, 2.05) is 18.2 Å². The van der Waals surface area contributed by atoms with Gasteiger partial charge in [0.2, 0.25) is 0 Å². The molecule has 0 radical (unpaired) electrons. The van der Waals surface area contributed by atoms with E-state index in [4.69, 9.17) is 9.47 Å². The average Bonchev–Trinajstić information content (AvgIpc) is 2.54. The molecule has 0 heterocycles. The molecule has 4 heteroatoms. The molecule has 0 aliphatic carbocycles. The van der Waals surface area contributed by atoms with Crippen molar-refractivity contribution in [2.75, 3.05) is 19.0 Å². The largest absolute Gasteiger partial charge is 0.497 e. The van der Waals surface area contributed by atoms with Crippen molar-refractivity contribution in [2.24, 2.45) is 0 Å². The molecular weight excluding hydrogens is 278 g/mol. The molecule has 116 valence electrons. The fraction of sp³-hybridized carbons (Fsp3) is 0.278. The molecule has 1 N–H and O–H groups in total. The second kappa shape index (κ2) is 7.50. The lowest BCUT2D eigenvalue weighted by Crippen LogP contribution is -2.20. The number of rotatable bonds is 6. The highest BCUT2D eigenvalue weighted by Gasteiger charge is 2.05. The number of amides is 1. The number of benzene rings is 2. The Balaban J connectivity index is 1.88. The molecule has 2 aromatic rings. The highest BCUT2D eigenvalue weighted by Crippen LogP contribution is 2.20. The molecule has 1 amide bonds. The van der Waals surface area contributed by atoms with Gasteiger partial charge in [-0.3, -0.25) is 4.79 Å². The van der Waals surface area contributed by atoms with Crippen molar-refractivity contribution >= 4 is 11.6 Å². The lowest BCUT2D eigenvalue weighted by Gasteiger charge is -2.10. The number of anilines is 1. The van der Waals surface area contributed by atoms with Crippen LogP contribution in [0.15, 0.2) is 48.5 Å². The Morgan fingerprint density at radius 1 is 1.09 bits per heavy atom. The standard InChI is InChI=1S/C18H21NO3/c1-13(2)14-5-4-6-17(11-14)22-12-18(20)19-15-7-9-16(21-3)10-8-15/h4-11,13H,12H2,1-3H3,(H,19,20). The fourth-order valence-electron chi connectivity index (χ4n) is 1.98. The molecule has 0 saturated carbocycles. The molecule has 0 atom stereocenters. The van der Waals surface area contributed by atoms with Crippen molar-refractivity contribution in [3.63, 3.8) is 0 Å². The molecule has 0 bridgehead atoms. The van der Waals surface area contributed by atoms with Gasteiger partial charge in [-0.05, 0) is 47.9 Å². The van der Waals surface area contributed by atoms with E-state index in [9.17, 15) is 4.79 Å². The molecule has 0 aliphatic rings. The number of carbonyl (C=O) groups is 1. The van der Waals surface area contributed by atoms with Crippen LogP contribution in [0, 0.1) is 0 Å². The summed E-state index contributed by atoms with van der Waals surface area (Å²) in [4.78, 5) is 11.9. The summed E-state index contributed by atoms with van der Waals surface area (Å²) in [6.45, 7) is 4.22. The number of methoxy groups -OCH3 is 1. The summed E-state index contributed by atoms with van der Waals surface area (Å²) in [6.07, 6.45) is 0. The summed E-state index contributed by atoms with van der Waals surface area (Å²) in [5, 5.41) is 2.78. The van der Waals surface area contributed by atoms with Crippen LogP contribution in [-0.2, 0) is 4.79 Å². The molecule has 4 nitrogen and oxygen atoms in total. The molecule has 0 fully saturated rings. The molecule has 0 aliphatic heterocycles. The second-order valence-corrected chi connectivity index (χ2v) is 5.29. The predicted molar refractivity (Wildman–Crippen MR) is 87.6 cm³/mol. The first kappa shape index (κ1) is 15.9. The Hall–Kier alpha value is -2.49. The molecule has 0 spiro atoms. The second-order valence-electron chi connectivity index (χ2n) is 5.29. The third-order valence-corrected chi connectivity index (χ3v) is 3.27. The maximum Gasteiger partial charge on any atom is 0.262 e. The van der Waals surface area contributed by atoms with E-state index in [0.29, 0.717) is 17.4 Å². The summed E-state index contributed by atoms with van der Waals surface area (Å²) in [6, 6.07) is 15.0. The average molecular weight is 299 g/mol. The van der Waals surface area contributed by atoms with E-state index in [1.54, 1.807) is 31.4 Å². The molecule has 2 aromatic carbocycles. The van der Waals surface area contributed by atoms with E-state index in [2.05, 4.69) is 25.2 Å². The quantitative estimate of drug-likeness (QED) is 0.881. The minimum absolute atomic E-state index is 0.0203. The van der Waals surface area contributed by atoms with Crippen LogP contribution in [-0.4, -0.2) is 19.6 Å². The van der Waals surface area contributed by atoms with Crippen LogP contribution in [0.3, 0.4) is 0 Å². The van der Waals surface area contributed by atoms with Crippen LogP contribution in [0.2, 0.25) is 0 Å². The summed E-state index contributed by atoms with van der Waals surface area (Å²) in [7, 11) is 1.60. The molecule has 2 rings (SSSR count). The number of ether oxygens (including phenoxy) is 2. The Morgan fingerprint density at radius 2 is 1.82 bits per heavy atom. The van der Waals surface area contributed by atoms with Crippen molar-refractivity contribution in [2.45, 2.75) is 19.8 Å². The minimum atomic E-state index is -0.194. The lowest BCUT2D eigenvalue weighted by atomic mass is 10.0. The van der Waals surface area contributed by atoms with Gasteiger partial charge in [-0.15, -0.1) is 0 Å². The Bertz CT molecular complexity index is 620. The first-order chi connectivity index (χ1) is 10.6. The summed E-state index contributed by atoms with van der Waals surface area (Å²) < 4.78 is 10.6. The number of carbonyl (C=O) groups excluding carboxylic acids is 1. The Morgan fingerprint density at radius 3 is 2.45 bits per heavy atom. The molecule has 0 aromatic heterocycles. The van der Waals surface area contributed by atoms with Crippen LogP contribution < -0.4 is 14.8 Å². The summed E-state index contributed by atoms with van der Waals surface area (Å²) in [5.74, 6) is 1.69. The van der Waals surface area contributed by atoms with Crippen LogP contribution in [0.5, 0.6) is 11.5 Å². The third kappa shape index (κ3) is 4.52. The minimum Gasteiger partial charge on any atom is -0.497 e. The first-order valence-electron chi connectivity index (χ1n) is 7.25.